The topological polar surface area (TPSA) is 44.5 Å². The molecule has 2 N–H and O–H groups in total. The Morgan fingerprint density at radius 2 is 1.29 bits per heavy atom. The SMILES string of the molecule is NC(CCOCc1ccccc1)COCc1ccccc1. The third-order valence-electron chi connectivity index (χ3n) is 3.19. The summed E-state index contributed by atoms with van der Waals surface area (Å²) in [7, 11) is 0. The molecule has 2 rings (SSSR count). The monoisotopic (exact) mass is 285 g/mol. The zero-order valence-corrected chi connectivity index (χ0v) is 12.3. The van der Waals surface area contributed by atoms with Crippen molar-refractivity contribution in [3.8, 4) is 0 Å². The van der Waals surface area contributed by atoms with Gasteiger partial charge in [-0.3, -0.25) is 0 Å². The van der Waals surface area contributed by atoms with Crippen LogP contribution in [0.3, 0.4) is 0 Å². The molecule has 0 saturated carbocycles. The molecule has 0 radical (unpaired) electrons. The van der Waals surface area contributed by atoms with Crippen molar-refractivity contribution in [2.24, 2.45) is 5.73 Å². The molecule has 0 aliphatic rings. The number of benzene rings is 2. The van der Waals surface area contributed by atoms with Gasteiger partial charge in [0, 0.05) is 12.6 Å². The van der Waals surface area contributed by atoms with E-state index in [4.69, 9.17) is 15.2 Å². The maximum absolute atomic E-state index is 6.01. The highest BCUT2D eigenvalue weighted by Gasteiger charge is 2.03. The summed E-state index contributed by atoms with van der Waals surface area (Å²) in [6.07, 6.45) is 0.807. The Morgan fingerprint density at radius 1 is 0.762 bits per heavy atom. The molecule has 112 valence electrons. The van der Waals surface area contributed by atoms with E-state index in [2.05, 4.69) is 24.3 Å². The second-order valence-electron chi connectivity index (χ2n) is 5.09. The Bertz CT molecular complexity index is 487. The van der Waals surface area contributed by atoms with Crippen molar-refractivity contribution in [1.82, 2.24) is 0 Å². The Morgan fingerprint density at radius 3 is 1.86 bits per heavy atom. The number of hydrogen-bond acceptors (Lipinski definition) is 3. The first-order valence-corrected chi connectivity index (χ1v) is 7.33. The van der Waals surface area contributed by atoms with Gasteiger partial charge in [0.15, 0.2) is 0 Å². The van der Waals surface area contributed by atoms with Crippen LogP contribution in [0.2, 0.25) is 0 Å². The zero-order chi connectivity index (χ0) is 14.8. The normalized spacial score (nSPS) is 12.2. The summed E-state index contributed by atoms with van der Waals surface area (Å²) in [6.45, 7) is 2.46. The summed E-state index contributed by atoms with van der Waals surface area (Å²) in [5.41, 5.74) is 8.37. The third kappa shape index (κ3) is 6.54. The lowest BCUT2D eigenvalue weighted by Gasteiger charge is -2.12. The minimum atomic E-state index is 0.0180. The molecule has 3 nitrogen and oxygen atoms in total. The smallest absolute Gasteiger partial charge is 0.0717 e. The summed E-state index contributed by atoms with van der Waals surface area (Å²) in [6, 6.07) is 20.3. The van der Waals surface area contributed by atoms with Crippen LogP contribution in [0.1, 0.15) is 17.5 Å². The fraction of sp³-hybridized carbons (Fsp3) is 0.333. The van der Waals surface area contributed by atoms with Gasteiger partial charge in [-0.15, -0.1) is 0 Å². The highest BCUT2D eigenvalue weighted by atomic mass is 16.5. The zero-order valence-electron chi connectivity index (χ0n) is 12.3. The largest absolute Gasteiger partial charge is 0.377 e. The molecule has 0 fully saturated rings. The van der Waals surface area contributed by atoms with Crippen LogP contribution in [0.25, 0.3) is 0 Å². The van der Waals surface area contributed by atoms with Crippen LogP contribution >= 0.6 is 0 Å². The van der Waals surface area contributed by atoms with Crippen molar-refractivity contribution < 1.29 is 9.47 Å². The molecular weight excluding hydrogens is 262 g/mol. The van der Waals surface area contributed by atoms with Crippen molar-refractivity contribution in [2.45, 2.75) is 25.7 Å². The molecule has 0 amide bonds. The number of hydrogen-bond donors (Lipinski definition) is 1. The minimum absolute atomic E-state index is 0.0180. The Labute approximate surface area is 126 Å². The van der Waals surface area contributed by atoms with Crippen molar-refractivity contribution in [2.75, 3.05) is 13.2 Å². The summed E-state index contributed by atoms with van der Waals surface area (Å²) in [4.78, 5) is 0. The standard InChI is InChI=1S/C18H23NO2/c19-18(15-21-14-17-9-5-2-6-10-17)11-12-20-13-16-7-3-1-4-8-16/h1-10,18H,11-15,19H2. The fourth-order valence-corrected chi connectivity index (χ4v) is 1.98. The predicted molar refractivity (Wildman–Crippen MR) is 84.8 cm³/mol. The lowest BCUT2D eigenvalue weighted by atomic mass is 10.2. The highest BCUT2D eigenvalue weighted by molar-refractivity contribution is 5.14. The van der Waals surface area contributed by atoms with Crippen LogP contribution in [0.15, 0.2) is 60.7 Å². The van der Waals surface area contributed by atoms with E-state index in [-0.39, 0.29) is 6.04 Å². The second kappa shape index (κ2) is 9.29. The van der Waals surface area contributed by atoms with E-state index in [1.54, 1.807) is 0 Å². The van der Waals surface area contributed by atoms with Crippen molar-refractivity contribution in [1.29, 1.82) is 0 Å². The molecule has 3 heteroatoms. The molecular formula is C18H23NO2. The molecule has 1 atom stereocenters. The number of nitrogens with two attached hydrogens (primary N) is 1. The molecule has 0 aromatic heterocycles. The quantitative estimate of drug-likeness (QED) is 0.720. The maximum atomic E-state index is 6.01. The summed E-state index contributed by atoms with van der Waals surface area (Å²) in [5, 5.41) is 0. The molecule has 0 aliphatic carbocycles. The van der Waals surface area contributed by atoms with Gasteiger partial charge in [0.2, 0.25) is 0 Å². The first-order valence-electron chi connectivity index (χ1n) is 7.33. The van der Waals surface area contributed by atoms with Crippen LogP contribution in [0.5, 0.6) is 0 Å². The van der Waals surface area contributed by atoms with Gasteiger partial charge >= 0.3 is 0 Å². The lowest BCUT2D eigenvalue weighted by molar-refractivity contribution is 0.0793. The molecule has 0 aliphatic heterocycles. The molecule has 1 unspecified atom stereocenters. The molecule has 2 aromatic rings. The third-order valence-corrected chi connectivity index (χ3v) is 3.19. The van der Waals surface area contributed by atoms with Crippen molar-refractivity contribution in [3.05, 3.63) is 71.8 Å². The van der Waals surface area contributed by atoms with E-state index in [0.29, 0.717) is 26.4 Å². The molecule has 0 saturated heterocycles. The average molecular weight is 285 g/mol. The molecule has 0 spiro atoms. The fourth-order valence-electron chi connectivity index (χ4n) is 1.98. The van der Waals surface area contributed by atoms with Gasteiger partial charge < -0.3 is 15.2 Å². The molecule has 0 bridgehead atoms. The second-order valence-corrected chi connectivity index (χ2v) is 5.09. The van der Waals surface area contributed by atoms with Gasteiger partial charge in [-0.05, 0) is 17.5 Å². The summed E-state index contributed by atoms with van der Waals surface area (Å²) in [5.74, 6) is 0. The first-order chi connectivity index (χ1) is 10.3. The van der Waals surface area contributed by atoms with E-state index < -0.39 is 0 Å². The van der Waals surface area contributed by atoms with Gasteiger partial charge in [-0.1, -0.05) is 60.7 Å². The Hall–Kier alpha value is -1.68. The lowest BCUT2D eigenvalue weighted by Crippen LogP contribution is -2.27. The number of ether oxygens (including phenoxy) is 2. The van der Waals surface area contributed by atoms with Gasteiger partial charge in [0.25, 0.3) is 0 Å². The first kappa shape index (κ1) is 15.7. The number of rotatable bonds is 9. The molecule has 0 heterocycles. The van der Waals surface area contributed by atoms with Gasteiger partial charge in [0.1, 0.15) is 0 Å². The van der Waals surface area contributed by atoms with Crippen LogP contribution in [0.4, 0.5) is 0 Å². The van der Waals surface area contributed by atoms with E-state index in [9.17, 15) is 0 Å². The van der Waals surface area contributed by atoms with E-state index in [1.165, 1.54) is 11.1 Å². The van der Waals surface area contributed by atoms with Gasteiger partial charge in [-0.2, -0.15) is 0 Å². The maximum Gasteiger partial charge on any atom is 0.0717 e. The average Bonchev–Trinajstić information content (AvgIpc) is 2.54. The molecule has 2 aromatic carbocycles. The summed E-state index contributed by atoms with van der Waals surface area (Å²) >= 11 is 0. The van der Waals surface area contributed by atoms with Gasteiger partial charge in [-0.25, -0.2) is 0 Å². The van der Waals surface area contributed by atoms with Crippen LogP contribution in [-0.4, -0.2) is 19.3 Å². The highest BCUT2D eigenvalue weighted by Crippen LogP contribution is 2.03. The Balaban J connectivity index is 1.52. The molecule has 21 heavy (non-hydrogen) atoms. The van der Waals surface area contributed by atoms with Crippen molar-refractivity contribution >= 4 is 0 Å². The predicted octanol–water partition coefficient (Wildman–Crippen LogP) is 3.14. The van der Waals surface area contributed by atoms with E-state index >= 15 is 0 Å². The van der Waals surface area contributed by atoms with Crippen LogP contribution in [0, 0.1) is 0 Å². The Kier molecular flexibility index (Phi) is 6.95. The minimum Gasteiger partial charge on any atom is -0.377 e. The summed E-state index contributed by atoms with van der Waals surface area (Å²) < 4.78 is 11.2. The van der Waals surface area contributed by atoms with Crippen molar-refractivity contribution in [3.63, 3.8) is 0 Å². The van der Waals surface area contributed by atoms with E-state index in [0.717, 1.165) is 6.42 Å². The van der Waals surface area contributed by atoms with Crippen LogP contribution < -0.4 is 5.73 Å². The van der Waals surface area contributed by atoms with Crippen LogP contribution in [-0.2, 0) is 22.7 Å². The van der Waals surface area contributed by atoms with Gasteiger partial charge in [0.05, 0.1) is 19.8 Å². The van der Waals surface area contributed by atoms with E-state index in [1.807, 2.05) is 36.4 Å².